The molecule has 18 heavy (non-hydrogen) atoms. The standard InChI is InChI=1S/C13H13F3N2/c1-8(9-2-3-9)18-12-5-4-11(13(14,15)16)6-10(12)7-17/h4-6,8-9,18H,2-3H2,1H3. The quantitative estimate of drug-likeness (QED) is 0.890. The molecule has 5 heteroatoms. The summed E-state index contributed by atoms with van der Waals surface area (Å²) in [6.07, 6.45) is -2.14. The van der Waals surface area contributed by atoms with Crippen molar-refractivity contribution < 1.29 is 13.2 Å². The SMILES string of the molecule is CC(Nc1ccc(C(F)(F)F)cc1C#N)C1CC1. The average molecular weight is 254 g/mol. The van der Waals surface area contributed by atoms with Crippen molar-refractivity contribution in [2.45, 2.75) is 32.0 Å². The van der Waals surface area contributed by atoms with Gasteiger partial charge in [0, 0.05) is 6.04 Å². The highest BCUT2D eigenvalue weighted by Crippen LogP contribution is 2.35. The summed E-state index contributed by atoms with van der Waals surface area (Å²) < 4.78 is 37.5. The average Bonchev–Trinajstić information content (AvgIpc) is 3.11. The highest BCUT2D eigenvalue weighted by molar-refractivity contribution is 5.59. The lowest BCUT2D eigenvalue weighted by molar-refractivity contribution is -0.137. The normalized spacial score (nSPS) is 17.1. The van der Waals surface area contributed by atoms with Gasteiger partial charge in [0.2, 0.25) is 0 Å². The Labute approximate surface area is 103 Å². The van der Waals surface area contributed by atoms with E-state index in [9.17, 15) is 13.2 Å². The maximum absolute atomic E-state index is 12.5. The van der Waals surface area contributed by atoms with Gasteiger partial charge in [-0.2, -0.15) is 18.4 Å². The first-order chi connectivity index (χ1) is 8.41. The Hall–Kier alpha value is -1.70. The van der Waals surface area contributed by atoms with Crippen molar-refractivity contribution in [3.63, 3.8) is 0 Å². The Kier molecular flexibility index (Phi) is 3.20. The van der Waals surface area contributed by atoms with Crippen molar-refractivity contribution in [2.24, 2.45) is 5.92 Å². The minimum Gasteiger partial charge on any atom is -0.381 e. The molecule has 1 aromatic rings. The number of nitrogens with zero attached hydrogens (tertiary/aromatic N) is 1. The number of alkyl halides is 3. The first-order valence-electron chi connectivity index (χ1n) is 5.79. The van der Waals surface area contributed by atoms with Crippen LogP contribution < -0.4 is 5.32 Å². The number of nitrogens with one attached hydrogen (secondary N) is 1. The van der Waals surface area contributed by atoms with Crippen LogP contribution in [-0.4, -0.2) is 6.04 Å². The minimum atomic E-state index is -4.41. The second kappa shape index (κ2) is 4.52. The summed E-state index contributed by atoms with van der Waals surface area (Å²) in [6.45, 7) is 1.98. The van der Waals surface area contributed by atoms with Crippen LogP contribution in [-0.2, 0) is 6.18 Å². The Balaban J connectivity index is 2.23. The Morgan fingerprint density at radius 2 is 2.06 bits per heavy atom. The molecule has 1 aromatic carbocycles. The van der Waals surface area contributed by atoms with E-state index in [1.54, 1.807) is 0 Å². The molecular formula is C13H13F3N2. The fraction of sp³-hybridized carbons (Fsp3) is 0.462. The number of rotatable bonds is 3. The zero-order valence-electron chi connectivity index (χ0n) is 9.88. The fourth-order valence-electron chi connectivity index (χ4n) is 1.90. The zero-order chi connectivity index (χ0) is 13.3. The summed E-state index contributed by atoms with van der Waals surface area (Å²) in [4.78, 5) is 0. The Morgan fingerprint density at radius 1 is 1.39 bits per heavy atom. The van der Waals surface area contributed by atoms with Crippen LogP contribution in [0, 0.1) is 17.2 Å². The first-order valence-corrected chi connectivity index (χ1v) is 5.79. The number of anilines is 1. The van der Waals surface area contributed by atoms with Crippen molar-refractivity contribution in [2.75, 3.05) is 5.32 Å². The van der Waals surface area contributed by atoms with E-state index >= 15 is 0 Å². The number of benzene rings is 1. The van der Waals surface area contributed by atoms with E-state index in [1.165, 1.54) is 6.07 Å². The third kappa shape index (κ3) is 2.76. The van der Waals surface area contributed by atoms with Gasteiger partial charge in [0.05, 0.1) is 16.8 Å². The third-order valence-corrected chi connectivity index (χ3v) is 3.18. The second-order valence-corrected chi connectivity index (χ2v) is 4.64. The van der Waals surface area contributed by atoms with Gasteiger partial charge in [0.15, 0.2) is 0 Å². The molecule has 1 fully saturated rings. The van der Waals surface area contributed by atoms with E-state index in [4.69, 9.17) is 5.26 Å². The molecule has 0 saturated heterocycles. The van der Waals surface area contributed by atoms with E-state index in [0.29, 0.717) is 11.6 Å². The molecule has 96 valence electrons. The molecule has 1 saturated carbocycles. The van der Waals surface area contributed by atoms with Crippen LogP contribution in [0.1, 0.15) is 30.9 Å². The Bertz CT molecular complexity index is 484. The van der Waals surface area contributed by atoms with Crippen LogP contribution in [0.5, 0.6) is 0 Å². The molecule has 0 aliphatic heterocycles. The topological polar surface area (TPSA) is 35.8 Å². The molecule has 0 bridgehead atoms. The molecule has 0 spiro atoms. The smallest absolute Gasteiger partial charge is 0.381 e. The maximum atomic E-state index is 12.5. The van der Waals surface area contributed by atoms with E-state index < -0.39 is 11.7 Å². The van der Waals surface area contributed by atoms with Crippen LogP contribution in [0.2, 0.25) is 0 Å². The van der Waals surface area contributed by atoms with E-state index in [-0.39, 0.29) is 11.6 Å². The fourth-order valence-corrected chi connectivity index (χ4v) is 1.90. The summed E-state index contributed by atoms with van der Waals surface area (Å²) in [5.74, 6) is 0.568. The van der Waals surface area contributed by atoms with Crippen molar-refractivity contribution in [1.29, 1.82) is 5.26 Å². The van der Waals surface area contributed by atoms with Gasteiger partial charge < -0.3 is 5.32 Å². The van der Waals surface area contributed by atoms with Crippen molar-refractivity contribution in [3.05, 3.63) is 29.3 Å². The van der Waals surface area contributed by atoms with E-state index in [2.05, 4.69) is 5.32 Å². The number of halogens is 3. The molecule has 0 heterocycles. The molecule has 1 N–H and O–H groups in total. The van der Waals surface area contributed by atoms with Crippen LogP contribution in [0.15, 0.2) is 18.2 Å². The highest BCUT2D eigenvalue weighted by atomic mass is 19.4. The second-order valence-electron chi connectivity index (χ2n) is 4.64. The maximum Gasteiger partial charge on any atom is 0.416 e. The van der Waals surface area contributed by atoms with Crippen LogP contribution in [0.4, 0.5) is 18.9 Å². The van der Waals surface area contributed by atoms with Crippen LogP contribution in [0.3, 0.4) is 0 Å². The summed E-state index contributed by atoms with van der Waals surface area (Å²) in [7, 11) is 0. The van der Waals surface area contributed by atoms with Gasteiger partial charge in [-0.05, 0) is 43.9 Å². The molecule has 1 aliphatic carbocycles. The molecule has 1 aliphatic rings. The lowest BCUT2D eigenvalue weighted by atomic mass is 10.1. The van der Waals surface area contributed by atoms with E-state index in [1.807, 2.05) is 13.0 Å². The monoisotopic (exact) mass is 254 g/mol. The summed E-state index contributed by atoms with van der Waals surface area (Å²) >= 11 is 0. The lowest BCUT2D eigenvalue weighted by Gasteiger charge is -2.16. The Morgan fingerprint density at radius 3 is 2.56 bits per heavy atom. The van der Waals surface area contributed by atoms with Gasteiger partial charge in [-0.3, -0.25) is 0 Å². The van der Waals surface area contributed by atoms with Crippen molar-refractivity contribution in [1.82, 2.24) is 0 Å². The molecule has 2 rings (SSSR count). The largest absolute Gasteiger partial charge is 0.416 e. The first kappa shape index (κ1) is 12.7. The zero-order valence-corrected chi connectivity index (χ0v) is 9.88. The van der Waals surface area contributed by atoms with Crippen molar-refractivity contribution in [3.8, 4) is 6.07 Å². The number of hydrogen-bond donors (Lipinski definition) is 1. The number of nitriles is 1. The molecule has 2 nitrogen and oxygen atoms in total. The van der Waals surface area contributed by atoms with Gasteiger partial charge in [0.25, 0.3) is 0 Å². The lowest BCUT2D eigenvalue weighted by Crippen LogP contribution is -2.18. The summed E-state index contributed by atoms with van der Waals surface area (Å²) in [5.41, 5.74) is -0.272. The summed E-state index contributed by atoms with van der Waals surface area (Å²) in [6, 6.07) is 5.23. The predicted molar refractivity (Wildman–Crippen MR) is 62.0 cm³/mol. The molecule has 1 atom stereocenters. The summed E-state index contributed by atoms with van der Waals surface area (Å²) in [5, 5.41) is 12.0. The third-order valence-electron chi connectivity index (χ3n) is 3.18. The van der Waals surface area contributed by atoms with Gasteiger partial charge in [-0.15, -0.1) is 0 Å². The molecule has 1 unspecified atom stereocenters. The molecule has 0 aromatic heterocycles. The molecule has 0 amide bonds. The molecular weight excluding hydrogens is 241 g/mol. The van der Waals surface area contributed by atoms with Crippen LogP contribution in [0.25, 0.3) is 0 Å². The minimum absolute atomic E-state index is 0.0392. The van der Waals surface area contributed by atoms with E-state index in [0.717, 1.165) is 25.0 Å². The highest BCUT2D eigenvalue weighted by Gasteiger charge is 2.32. The van der Waals surface area contributed by atoms with Gasteiger partial charge in [-0.25, -0.2) is 0 Å². The van der Waals surface area contributed by atoms with Gasteiger partial charge in [0.1, 0.15) is 6.07 Å². The van der Waals surface area contributed by atoms with Gasteiger partial charge in [-0.1, -0.05) is 0 Å². The number of hydrogen-bond acceptors (Lipinski definition) is 2. The van der Waals surface area contributed by atoms with Crippen molar-refractivity contribution >= 4 is 5.69 Å². The van der Waals surface area contributed by atoms with Gasteiger partial charge >= 0.3 is 6.18 Å². The predicted octanol–water partition coefficient (Wildman–Crippen LogP) is 3.79. The molecule has 0 radical (unpaired) electrons. The van der Waals surface area contributed by atoms with Crippen LogP contribution >= 0.6 is 0 Å².